The van der Waals surface area contributed by atoms with Crippen molar-refractivity contribution in [2.75, 3.05) is 18.5 Å². The molecule has 3 aromatic rings. The average Bonchev–Trinajstić information content (AvgIpc) is 3.28. The number of nitrogens with zero attached hydrogens (tertiary/aromatic N) is 1. The maximum atomic E-state index is 13.3. The van der Waals surface area contributed by atoms with E-state index in [4.69, 9.17) is 4.74 Å². The second-order valence-electron chi connectivity index (χ2n) is 8.87. The minimum Gasteiger partial charge on any atom is -0.455 e. The summed E-state index contributed by atoms with van der Waals surface area (Å²) in [7, 11) is 0. The summed E-state index contributed by atoms with van der Waals surface area (Å²) in [6.45, 7) is -0.912. The number of nitrogens with one attached hydrogen (secondary N) is 2. The van der Waals surface area contributed by atoms with Crippen LogP contribution in [-0.4, -0.2) is 41.9 Å². The van der Waals surface area contributed by atoms with Gasteiger partial charge in [0.15, 0.2) is 6.61 Å². The Kier molecular flexibility index (Phi) is 8.28. The molecule has 0 aliphatic carbocycles. The first-order valence-electron chi connectivity index (χ1n) is 12.0. The Bertz CT molecular complexity index is 1310. The molecule has 0 spiro atoms. The summed E-state index contributed by atoms with van der Waals surface area (Å²) in [5.41, 5.74) is 2.98. The summed E-state index contributed by atoms with van der Waals surface area (Å²) < 4.78 is 43.5. The molecule has 4 rings (SSSR count). The van der Waals surface area contributed by atoms with Gasteiger partial charge in [0.1, 0.15) is 0 Å². The van der Waals surface area contributed by atoms with Crippen LogP contribution < -0.4 is 10.7 Å². The number of halogens is 3. The van der Waals surface area contributed by atoms with Gasteiger partial charge in [-0.2, -0.15) is 13.2 Å². The van der Waals surface area contributed by atoms with Gasteiger partial charge in [0, 0.05) is 12.1 Å². The maximum absolute atomic E-state index is 13.3. The lowest BCUT2D eigenvalue weighted by Gasteiger charge is -2.23. The second kappa shape index (κ2) is 11.8. The third-order valence-electron chi connectivity index (χ3n) is 6.05. The minimum absolute atomic E-state index is 0.109. The van der Waals surface area contributed by atoms with Crippen molar-refractivity contribution in [2.45, 2.75) is 18.5 Å². The fraction of sp³-hybridized carbons (Fsp3) is 0.214. The highest BCUT2D eigenvalue weighted by Crippen LogP contribution is 2.30. The molecule has 1 heterocycles. The Balaban J connectivity index is 1.33. The Labute approximate surface area is 221 Å². The van der Waals surface area contributed by atoms with E-state index in [1.54, 1.807) is 48.5 Å². The van der Waals surface area contributed by atoms with E-state index in [-0.39, 0.29) is 18.7 Å². The fourth-order valence-electron chi connectivity index (χ4n) is 4.18. The van der Waals surface area contributed by atoms with Gasteiger partial charge in [-0.3, -0.25) is 29.6 Å². The molecule has 0 aromatic heterocycles. The monoisotopic (exact) mass is 539 g/mol. The van der Waals surface area contributed by atoms with Crippen LogP contribution in [0.5, 0.6) is 0 Å². The van der Waals surface area contributed by atoms with Crippen molar-refractivity contribution in [3.05, 3.63) is 102 Å². The summed E-state index contributed by atoms with van der Waals surface area (Å²) in [4.78, 5) is 50.4. The van der Waals surface area contributed by atoms with Crippen LogP contribution in [-0.2, 0) is 30.1 Å². The van der Waals surface area contributed by atoms with E-state index in [2.05, 4.69) is 10.7 Å². The molecule has 3 aromatic carbocycles. The number of hydrogen-bond donors (Lipinski definition) is 2. The molecule has 1 saturated heterocycles. The number of carbonyl (C=O) groups is 4. The van der Waals surface area contributed by atoms with Gasteiger partial charge in [-0.05, 0) is 29.3 Å². The van der Waals surface area contributed by atoms with Gasteiger partial charge in [-0.1, -0.05) is 66.7 Å². The number of alkyl halides is 3. The molecule has 1 atom stereocenters. The van der Waals surface area contributed by atoms with Crippen molar-refractivity contribution >= 4 is 29.4 Å². The molecule has 3 amide bonds. The van der Waals surface area contributed by atoms with Crippen LogP contribution in [0.4, 0.5) is 18.9 Å². The molecular formula is C28H24F3N3O5. The zero-order chi connectivity index (χ0) is 28.0. The summed E-state index contributed by atoms with van der Waals surface area (Å²) in [6, 6.07) is 22.1. The molecule has 1 fully saturated rings. The molecule has 1 aliphatic rings. The molecule has 0 saturated carbocycles. The van der Waals surface area contributed by atoms with Gasteiger partial charge in [-0.15, -0.1) is 0 Å². The third kappa shape index (κ3) is 7.01. The quantitative estimate of drug-likeness (QED) is 0.423. The highest BCUT2D eigenvalue weighted by molar-refractivity contribution is 5.94. The number of rotatable bonds is 8. The second-order valence-corrected chi connectivity index (χ2v) is 8.87. The van der Waals surface area contributed by atoms with Crippen molar-refractivity contribution < 1.29 is 37.1 Å². The number of ether oxygens (including phenoxy) is 1. The standard InChI is InChI=1S/C28H24F3N3O5/c29-28(30,31)21-12-7-13-22(15-21)32-23(35)17-39-27(38)20-14-24(36)34(16-20)33-26(37)25(18-8-3-1-4-9-18)19-10-5-2-6-11-19/h1-13,15,20,25H,14,16-17H2,(H,32,35)(H,33,37)/t20-/m0/s1. The van der Waals surface area contributed by atoms with E-state index in [1.807, 2.05) is 12.1 Å². The lowest BCUT2D eigenvalue weighted by molar-refractivity contribution is -0.151. The van der Waals surface area contributed by atoms with Gasteiger partial charge >= 0.3 is 12.1 Å². The molecule has 202 valence electrons. The van der Waals surface area contributed by atoms with Crippen LogP contribution in [0, 0.1) is 5.92 Å². The van der Waals surface area contributed by atoms with E-state index in [0.717, 1.165) is 34.3 Å². The molecule has 0 radical (unpaired) electrons. The normalized spacial score (nSPS) is 15.2. The SMILES string of the molecule is O=C(COC(=O)[C@H]1CC(=O)N(NC(=O)C(c2ccccc2)c2ccccc2)C1)Nc1cccc(C(F)(F)F)c1. The minimum atomic E-state index is -4.58. The molecule has 1 aliphatic heterocycles. The van der Waals surface area contributed by atoms with Crippen LogP contribution in [0.1, 0.15) is 29.0 Å². The number of benzene rings is 3. The number of anilines is 1. The summed E-state index contributed by atoms with van der Waals surface area (Å²) in [5, 5.41) is 3.29. The first-order valence-corrected chi connectivity index (χ1v) is 12.0. The zero-order valence-corrected chi connectivity index (χ0v) is 20.5. The fourth-order valence-corrected chi connectivity index (χ4v) is 4.18. The van der Waals surface area contributed by atoms with Crippen LogP contribution in [0.3, 0.4) is 0 Å². The summed E-state index contributed by atoms with van der Waals surface area (Å²) >= 11 is 0. The van der Waals surface area contributed by atoms with E-state index in [0.29, 0.717) is 0 Å². The highest BCUT2D eigenvalue weighted by atomic mass is 19.4. The van der Waals surface area contributed by atoms with Crippen molar-refractivity contribution in [1.82, 2.24) is 10.4 Å². The largest absolute Gasteiger partial charge is 0.455 e. The van der Waals surface area contributed by atoms with Gasteiger partial charge < -0.3 is 10.1 Å². The third-order valence-corrected chi connectivity index (χ3v) is 6.05. The van der Waals surface area contributed by atoms with E-state index < -0.39 is 53.9 Å². The predicted octanol–water partition coefficient (Wildman–Crippen LogP) is 3.90. The molecule has 2 N–H and O–H groups in total. The maximum Gasteiger partial charge on any atom is 0.416 e. The number of esters is 1. The molecule has 0 bridgehead atoms. The average molecular weight is 540 g/mol. The lowest BCUT2D eigenvalue weighted by atomic mass is 9.91. The number of hydrogen-bond acceptors (Lipinski definition) is 5. The first kappa shape index (κ1) is 27.4. The molecule has 39 heavy (non-hydrogen) atoms. The van der Waals surface area contributed by atoms with Crippen LogP contribution in [0.25, 0.3) is 0 Å². The van der Waals surface area contributed by atoms with Crippen molar-refractivity contribution in [1.29, 1.82) is 0 Å². The van der Waals surface area contributed by atoms with Gasteiger partial charge in [0.05, 0.1) is 23.9 Å². The number of amides is 3. The van der Waals surface area contributed by atoms with Gasteiger partial charge in [0.25, 0.3) is 11.8 Å². The molecule has 0 unspecified atom stereocenters. The van der Waals surface area contributed by atoms with Gasteiger partial charge in [-0.25, -0.2) is 0 Å². The summed E-state index contributed by atoms with van der Waals surface area (Å²) in [6.07, 6.45) is -4.82. The number of hydrazine groups is 1. The van der Waals surface area contributed by atoms with E-state index in [1.165, 1.54) is 6.07 Å². The van der Waals surface area contributed by atoms with Crippen molar-refractivity contribution in [2.24, 2.45) is 5.92 Å². The smallest absolute Gasteiger partial charge is 0.416 e. The molecule has 8 nitrogen and oxygen atoms in total. The summed E-state index contributed by atoms with van der Waals surface area (Å²) in [5.74, 6) is -4.29. The van der Waals surface area contributed by atoms with Crippen LogP contribution in [0.2, 0.25) is 0 Å². The van der Waals surface area contributed by atoms with Crippen molar-refractivity contribution in [3.8, 4) is 0 Å². The Morgan fingerprint density at radius 3 is 2.13 bits per heavy atom. The van der Waals surface area contributed by atoms with E-state index in [9.17, 15) is 32.3 Å². The number of carbonyl (C=O) groups excluding carboxylic acids is 4. The highest BCUT2D eigenvalue weighted by Gasteiger charge is 2.38. The first-order chi connectivity index (χ1) is 18.6. The molecule has 11 heteroatoms. The molecular weight excluding hydrogens is 515 g/mol. The Morgan fingerprint density at radius 1 is 0.923 bits per heavy atom. The van der Waals surface area contributed by atoms with E-state index >= 15 is 0 Å². The van der Waals surface area contributed by atoms with Gasteiger partial charge in [0.2, 0.25) is 5.91 Å². The predicted molar refractivity (Wildman–Crippen MR) is 134 cm³/mol. The van der Waals surface area contributed by atoms with Crippen LogP contribution in [0.15, 0.2) is 84.9 Å². The lowest BCUT2D eigenvalue weighted by Crippen LogP contribution is -2.45. The van der Waals surface area contributed by atoms with Crippen LogP contribution >= 0.6 is 0 Å². The zero-order valence-electron chi connectivity index (χ0n) is 20.5. The Hall–Kier alpha value is -4.67. The Morgan fingerprint density at radius 2 is 1.54 bits per heavy atom. The van der Waals surface area contributed by atoms with Crippen molar-refractivity contribution in [3.63, 3.8) is 0 Å². The topological polar surface area (TPSA) is 105 Å².